The van der Waals surface area contributed by atoms with Gasteiger partial charge in [-0.3, -0.25) is 0 Å². The summed E-state index contributed by atoms with van der Waals surface area (Å²) in [5, 5.41) is 15.3. The lowest BCUT2D eigenvalue weighted by Crippen LogP contribution is -1.92. The zero-order valence-corrected chi connectivity index (χ0v) is 26.3. The SMILES string of the molecule is c1ccc(-c2c3ccccc3c(-c3ccc4ccccc4c3)c3ccc(-c4cc5ccc6ccccc6c5c5ccccc45)cc23)cc1. The molecule has 0 aliphatic carbocycles. The first-order valence-corrected chi connectivity index (χ1v) is 16.7. The molecular formula is C48H30. The third-order valence-corrected chi connectivity index (χ3v) is 10.2. The number of rotatable bonds is 3. The number of benzene rings is 10. The Bertz CT molecular complexity index is 2880. The van der Waals surface area contributed by atoms with Gasteiger partial charge in [0.1, 0.15) is 0 Å². The highest BCUT2D eigenvalue weighted by Crippen LogP contribution is 2.46. The van der Waals surface area contributed by atoms with Crippen molar-refractivity contribution in [1.29, 1.82) is 0 Å². The largest absolute Gasteiger partial charge is 0.0622 e. The standard InChI is InChI=1S/C48H30/c1-2-14-33(15-3-1)46-41-20-10-11-21-42(41)48(36-24-22-31-12-4-5-16-34(31)28-36)43-27-26-35(29-45(43)46)44-30-37-25-23-32-13-6-7-17-38(32)47(37)40-19-9-8-18-39(40)44/h1-30H. The molecule has 0 radical (unpaired) electrons. The summed E-state index contributed by atoms with van der Waals surface area (Å²) in [5.74, 6) is 0. The van der Waals surface area contributed by atoms with Crippen molar-refractivity contribution < 1.29 is 0 Å². The van der Waals surface area contributed by atoms with E-state index in [1.54, 1.807) is 0 Å². The Morgan fingerprint density at radius 1 is 0.229 bits per heavy atom. The quantitative estimate of drug-likeness (QED) is 0.139. The molecule has 0 aromatic heterocycles. The van der Waals surface area contributed by atoms with Crippen LogP contribution in [0.5, 0.6) is 0 Å². The minimum absolute atomic E-state index is 1.23. The highest BCUT2D eigenvalue weighted by molar-refractivity contribution is 6.25. The van der Waals surface area contributed by atoms with E-state index in [1.807, 2.05) is 0 Å². The fraction of sp³-hybridized carbons (Fsp3) is 0. The predicted molar refractivity (Wildman–Crippen MR) is 208 cm³/mol. The van der Waals surface area contributed by atoms with E-state index in [4.69, 9.17) is 0 Å². The normalized spacial score (nSPS) is 11.8. The van der Waals surface area contributed by atoms with Crippen LogP contribution in [0.1, 0.15) is 0 Å². The van der Waals surface area contributed by atoms with Gasteiger partial charge in [-0.2, -0.15) is 0 Å². The summed E-state index contributed by atoms with van der Waals surface area (Å²) >= 11 is 0. The molecule has 0 aliphatic heterocycles. The minimum Gasteiger partial charge on any atom is -0.0622 e. The van der Waals surface area contributed by atoms with E-state index in [0.717, 1.165) is 0 Å². The van der Waals surface area contributed by atoms with Crippen LogP contribution in [-0.2, 0) is 0 Å². The third kappa shape index (κ3) is 4.10. The lowest BCUT2D eigenvalue weighted by Gasteiger charge is -2.19. The van der Waals surface area contributed by atoms with Gasteiger partial charge < -0.3 is 0 Å². The highest BCUT2D eigenvalue weighted by atomic mass is 14.2. The molecule has 0 amide bonds. The van der Waals surface area contributed by atoms with Gasteiger partial charge >= 0.3 is 0 Å². The van der Waals surface area contributed by atoms with Crippen LogP contribution in [0.25, 0.3) is 98.0 Å². The molecule has 10 aromatic rings. The average molecular weight is 607 g/mol. The summed E-state index contributed by atoms with van der Waals surface area (Å²) < 4.78 is 0. The molecule has 0 nitrogen and oxygen atoms in total. The molecule has 0 saturated heterocycles. The van der Waals surface area contributed by atoms with Crippen molar-refractivity contribution in [3.05, 3.63) is 182 Å². The number of fused-ring (bicyclic) bond motifs is 8. The van der Waals surface area contributed by atoms with Crippen LogP contribution in [0.15, 0.2) is 182 Å². The molecule has 0 aliphatic rings. The van der Waals surface area contributed by atoms with Gasteiger partial charge in [-0.05, 0) is 116 Å². The summed E-state index contributed by atoms with van der Waals surface area (Å²) in [6, 6.07) is 67.2. The molecule has 0 N–H and O–H groups in total. The molecule has 0 heterocycles. The monoisotopic (exact) mass is 606 g/mol. The van der Waals surface area contributed by atoms with Crippen LogP contribution in [0.2, 0.25) is 0 Å². The van der Waals surface area contributed by atoms with E-state index < -0.39 is 0 Å². The Balaban J connectivity index is 1.33. The first kappa shape index (κ1) is 26.9. The zero-order chi connectivity index (χ0) is 31.6. The Morgan fingerprint density at radius 2 is 0.771 bits per heavy atom. The molecular weight excluding hydrogens is 577 g/mol. The molecule has 48 heavy (non-hydrogen) atoms. The molecule has 0 saturated carbocycles. The fourth-order valence-electron chi connectivity index (χ4n) is 8.03. The predicted octanol–water partition coefficient (Wildman–Crippen LogP) is 13.6. The van der Waals surface area contributed by atoms with Gasteiger partial charge in [0.2, 0.25) is 0 Å². The zero-order valence-electron chi connectivity index (χ0n) is 26.3. The van der Waals surface area contributed by atoms with Crippen molar-refractivity contribution in [2.24, 2.45) is 0 Å². The van der Waals surface area contributed by atoms with Crippen LogP contribution in [0.4, 0.5) is 0 Å². The third-order valence-electron chi connectivity index (χ3n) is 10.2. The molecule has 0 heteroatoms. The molecule has 0 fully saturated rings. The van der Waals surface area contributed by atoms with Crippen molar-refractivity contribution in [2.75, 3.05) is 0 Å². The molecule has 0 bridgehead atoms. The second-order valence-corrected chi connectivity index (χ2v) is 12.8. The van der Waals surface area contributed by atoms with E-state index >= 15 is 0 Å². The first-order valence-electron chi connectivity index (χ1n) is 16.7. The van der Waals surface area contributed by atoms with Crippen LogP contribution < -0.4 is 0 Å². The smallest absolute Gasteiger partial charge is 0.00261 e. The van der Waals surface area contributed by atoms with Crippen molar-refractivity contribution in [1.82, 2.24) is 0 Å². The molecule has 10 rings (SSSR count). The van der Waals surface area contributed by atoms with Crippen LogP contribution >= 0.6 is 0 Å². The van der Waals surface area contributed by atoms with E-state index in [-0.39, 0.29) is 0 Å². The lowest BCUT2D eigenvalue weighted by atomic mass is 9.84. The Hall–Kier alpha value is -6.24. The van der Waals surface area contributed by atoms with Gasteiger partial charge in [0, 0.05) is 0 Å². The van der Waals surface area contributed by atoms with Crippen molar-refractivity contribution >= 4 is 64.6 Å². The second kappa shape index (κ2) is 10.7. The summed E-state index contributed by atoms with van der Waals surface area (Å²) in [4.78, 5) is 0. The van der Waals surface area contributed by atoms with Gasteiger partial charge in [0.05, 0.1) is 0 Å². The van der Waals surface area contributed by atoms with Gasteiger partial charge in [0.15, 0.2) is 0 Å². The van der Waals surface area contributed by atoms with Gasteiger partial charge in [-0.25, -0.2) is 0 Å². The van der Waals surface area contributed by atoms with Crippen molar-refractivity contribution in [2.45, 2.75) is 0 Å². The average Bonchev–Trinajstić information content (AvgIpc) is 3.16. The molecule has 10 aromatic carbocycles. The fourth-order valence-corrected chi connectivity index (χ4v) is 8.03. The van der Waals surface area contributed by atoms with E-state index in [1.165, 1.54) is 98.0 Å². The molecule has 0 spiro atoms. The summed E-state index contributed by atoms with van der Waals surface area (Å²) in [6.07, 6.45) is 0. The number of hydrogen-bond acceptors (Lipinski definition) is 0. The Morgan fingerprint density at radius 3 is 1.56 bits per heavy atom. The maximum Gasteiger partial charge on any atom is -0.00261 e. The number of hydrogen-bond donors (Lipinski definition) is 0. The lowest BCUT2D eigenvalue weighted by molar-refractivity contribution is 1.65. The van der Waals surface area contributed by atoms with Crippen molar-refractivity contribution in [3.63, 3.8) is 0 Å². The van der Waals surface area contributed by atoms with Crippen LogP contribution in [0.3, 0.4) is 0 Å². The van der Waals surface area contributed by atoms with Gasteiger partial charge in [-0.1, -0.05) is 164 Å². The van der Waals surface area contributed by atoms with E-state index in [2.05, 4.69) is 182 Å². The van der Waals surface area contributed by atoms with E-state index in [0.29, 0.717) is 0 Å². The molecule has 0 unspecified atom stereocenters. The van der Waals surface area contributed by atoms with Crippen LogP contribution in [0, 0.1) is 0 Å². The van der Waals surface area contributed by atoms with Gasteiger partial charge in [-0.15, -0.1) is 0 Å². The topological polar surface area (TPSA) is 0 Å². The van der Waals surface area contributed by atoms with Crippen molar-refractivity contribution in [3.8, 4) is 33.4 Å². The Kier molecular flexibility index (Phi) is 5.98. The Labute approximate surface area is 279 Å². The van der Waals surface area contributed by atoms with Crippen LogP contribution in [-0.4, -0.2) is 0 Å². The molecule has 0 atom stereocenters. The van der Waals surface area contributed by atoms with Gasteiger partial charge in [0.25, 0.3) is 0 Å². The highest BCUT2D eigenvalue weighted by Gasteiger charge is 2.19. The maximum atomic E-state index is 2.45. The second-order valence-electron chi connectivity index (χ2n) is 12.8. The summed E-state index contributed by atoms with van der Waals surface area (Å²) in [7, 11) is 0. The molecule has 222 valence electrons. The minimum atomic E-state index is 1.23. The van der Waals surface area contributed by atoms with E-state index in [9.17, 15) is 0 Å². The first-order chi connectivity index (χ1) is 23.8. The summed E-state index contributed by atoms with van der Waals surface area (Å²) in [6.45, 7) is 0. The maximum absolute atomic E-state index is 2.45. The summed E-state index contributed by atoms with van der Waals surface area (Å²) in [5.41, 5.74) is 7.53.